The fourth-order valence-electron chi connectivity index (χ4n) is 1.68. The topological polar surface area (TPSA) is 83.5 Å². The van der Waals surface area contributed by atoms with E-state index in [2.05, 4.69) is 4.72 Å². The van der Waals surface area contributed by atoms with Crippen LogP contribution in [0, 0.1) is 0 Å². The first-order valence-electron chi connectivity index (χ1n) is 5.83. The summed E-state index contributed by atoms with van der Waals surface area (Å²) in [4.78, 5) is 11.1. The van der Waals surface area contributed by atoms with Gasteiger partial charge in [-0.2, -0.15) is 11.3 Å². The number of hydrogen-bond donors (Lipinski definition) is 2. The van der Waals surface area contributed by atoms with Gasteiger partial charge in [0, 0.05) is 11.9 Å². The number of sulfonamides is 1. The standard InChI is InChI=1S/C13H13NO4S2/c15-13(16)11-3-1-2-10(8-11)4-6-14-20(17,18)12-5-7-19-9-12/h1-3,5,7-9,14H,4,6H2,(H,15,16). The Labute approximate surface area is 120 Å². The van der Waals surface area contributed by atoms with E-state index < -0.39 is 16.0 Å². The zero-order chi connectivity index (χ0) is 14.6. The van der Waals surface area contributed by atoms with Gasteiger partial charge in [0.2, 0.25) is 10.0 Å². The van der Waals surface area contributed by atoms with Crippen molar-refractivity contribution in [1.29, 1.82) is 0 Å². The van der Waals surface area contributed by atoms with E-state index in [1.165, 1.54) is 23.5 Å². The van der Waals surface area contributed by atoms with Gasteiger partial charge in [-0.15, -0.1) is 0 Å². The molecule has 1 aromatic heterocycles. The highest BCUT2D eigenvalue weighted by Gasteiger charge is 2.13. The van der Waals surface area contributed by atoms with Crippen molar-refractivity contribution < 1.29 is 18.3 Å². The molecule has 0 saturated carbocycles. The molecule has 0 bridgehead atoms. The fraction of sp³-hybridized carbons (Fsp3) is 0.154. The zero-order valence-corrected chi connectivity index (χ0v) is 12.1. The van der Waals surface area contributed by atoms with Gasteiger partial charge in [0.15, 0.2) is 0 Å². The summed E-state index contributed by atoms with van der Waals surface area (Å²) >= 11 is 1.32. The molecular formula is C13H13NO4S2. The first-order valence-corrected chi connectivity index (χ1v) is 8.26. The van der Waals surface area contributed by atoms with Gasteiger partial charge < -0.3 is 5.11 Å². The molecule has 2 rings (SSSR count). The maximum absolute atomic E-state index is 11.9. The van der Waals surface area contributed by atoms with E-state index in [4.69, 9.17) is 5.11 Å². The van der Waals surface area contributed by atoms with E-state index in [-0.39, 0.29) is 17.0 Å². The molecule has 0 aliphatic carbocycles. The highest BCUT2D eigenvalue weighted by Crippen LogP contribution is 2.12. The van der Waals surface area contributed by atoms with E-state index in [1.54, 1.807) is 29.0 Å². The lowest BCUT2D eigenvalue weighted by atomic mass is 10.1. The predicted molar refractivity (Wildman–Crippen MR) is 76.6 cm³/mol. The largest absolute Gasteiger partial charge is 0.478 e. The SMILES string of the molecule is O=C(O)c1cccc(CCNS(=O)(=O)c2ccsc2)c1. The third kappa shape index (κ3) is 3.66. The molecule has 2 N–H and O–H groups in total. The number of nitrogens with one attached hydrogen (secondary N) is 1. The molecule has 0 amide bonds. The van der Waals surface area contributed by atoms with Gasteiger partial charge in [-0.1, -0.05) is 12.1 Å². The molecule has 5 nitrogen and oxygen atoms in total. The third-order valence-corrected chi connectivity index (χ3v) is 4.98. The summed E-state index contributed by atoms with van der Waals surface area (Å²) in [6, 6.07) is 8.00. The number of carbonyl (C=O) groups is 1. The van der Waals surface area contributed by atoms with Crippen molar-refractivity contribution in [2.45, 2.75) is 11.3 Å². The van der Waals surface area contributed by atoms with E-state index in [9.17, 15) is 13.2 Å². The quantitative estimate of drug-likeness (QED) is 0.854. The molecule has 1 heterocycles. The molecule has 20 heavy (non-hydrogen) atoms. The lowest BCUT2D eigenvalue weighted by molar-refractivity contribution is 0.0696. The molecule has 0 saturated heterocycles. The van der Waals surface area contributed by atoms with Crippen LogP contribution in [0.5, 0.6) is 0 Å². The van der Waals surface area contributed by atoms with Crippen LogP contribution in [0.1, 0.15) is 15.9 Å². The summed E-state index contributed by atoms with van der Waals surface area (Å²) in [6.45, 7) is 0.223. The second-order valence-corrected chi connectivity index (χ2v) is 6.66. The van der Waals surface area contributed by atoms with Crippen molar-refractivity contribution in [3.63, 3.8) is 0 Å². The van der Waals surface area contributed by atoms with Crippen molar-refractivity contribution in [1.82, 2.24) is 4.72 Å². The zero-order valence-electron chi connectivity index (χ0n) is 10.4. The Hall–Kier alpha value is -1.70. The minimum atomic E-state index is -3.47. The Morgan fingerprint density at radius 1 is 1.30 bits per heavy atom. The van der Waals surface area contributed by atoms with Crippen LogP contribution in [0.3, 0.4) is 0 Å². The van der Waals surface area contributed by atoms with Crippen LogP contribution in [-0.2, 0) is 16.4 Å². The minimum Gasteiger partial charge on any atom is -0.478 e. The van der Waals surface area contributed by atoms with Crippen LogP contribution >= 0.6 is 11.3 Å². The average Bonchev–Trinajstić information content (AvgIpc) is 2.93. The number of hydrogen-bond acceptors (Lipinski definition) is 4. The van der Waals surface area contributed by atoms with E-state index in [0.29, 0.717) is 6.42 Å². The lowest BCUT2D eigenvalue weighted by Gasteiger charge is -2.05. The van der Waals surface area contributed by atoms with Crippen LogP contribution in [0.15, 0.2) is 46.0 Å². The molecule has 2 aromatic rings. The maximum atomic E-state index is 11.9. The maximum Gasteiger partial charge on any atom is 0.335 e. The van der Waals surface area contributed by atoms with Crippen LogP contribution in [0.25, 0.3) is 0 Å². The second-order valence-electron chi connectivity index (χ2n) is 4.11. The smallest absolute Gasteiger partial charge is 0.335 e. The number of thiophene rings is 1. The van der Waals surface area contributed by atoms with Crippen LogP contribution < -0.4 is 4.72 Å². The van der Waals surface area contributed by atoms with E-state index in [0.717, 1.165) is 5.56 Å². The summed E-state index contributed by atoms with van der Waals surface area (Å²) < 4.78 is 26.2. The predicted octanol–water partition coefficient (Wildman–Crippen LogP) is 1.97. The highest BCUT2D eigenvalue weighted by molar-refractivity contribution is 7.89. The molecule has 0 fully saturated rings. The first-order chi connectivity index (χ1) is 9.49. The molecule has 106 valence electrons. The Kier molecular flexibility index (Phi) is 4.53. The third-order valence-electron chi connectivity index (χ3n) is 2.69. The van der Waals surface area contributed by atoms with Gasteiger partial charge in [-0.25, -0.2) is 17.9 Å². The van der Waals surface area contributed by atoms with Gasteiger partial charge >= 0.3 is 5.97 Å². The van der Waals surface area contributed by atoms with Crippen molar-refractivity contribution in [2.24, 2.45) is 0 Å². The van der Waals surface area contributed by atoms with Crippen LogP contribution in [0.4, 0.5) is 0 Å². The Morgan fingerprint density at radius 2 is 2.10 bits per heavy atom. The Morgan fingerprint density at radius 3 is 2.75 bits per heavy atom. The van der Waals surface area contributed by atoms with E-state index in [1.807, 2.05) is 0 Å². The number of carboxylic acids is 1. The number of benzene rings is 1. The van der Waals surface area contributed by atoms with E-state index >= 15 is 0 Å². The molecule has 0 atom stereocenters. The van der Waals surface area contributed by atoms with Crippen molar-refractivity contribution in [2.75, 3.05) is 6.54 Å². The number of aromatic carboxylic acids is 1. The van der Waals surface area contributed by atoms with Crippen molar-refractivity contribution in [3.8, 4) is 0 Å². The molecule has 0 aliphatic rings. The lowest BCUT2D eigenvalue weighted by Crippen LogP contribution is -2.25. The summed E-state index contributed by atoms with van der Waals surface area (Å²) in [5.41, 5.74) is 0.973. The molecule has 0 radical (unpaired) electrons. The molecular weight excluding hydrogens is 298 g/mol. The van der Waals surface area contributed by atoms with Gasteiger partial charge in [0.1, 0.15) is 0 Å². The number of rotatable bonds is 6. The van der Waals surface area contributed by atoms with Crippen molar-refractivity contribution in [3.05, 3.63) is 52.2 Å². The Bertz CT molecular complexity index is 693. The number of carboxylic acid groups (broad SMARTS) is 1. The molecule has 1 aromatic carbocycles. The summed E-state index contributed by atoms with van der Waals surface area (Å²) in [6.07, 6.45) is 0.435. The van der Waals surface area contributed by atoms with Gasteiger partial charge in [0.25, 0.3) is 0 Å². The first kappa shape index (κ1) is 14.7. The summed E-state index contributed by atoms with van der Waals surface area (Å²) in [5, 5.41) is 12.1. The normalized spacial score (nSPS) is 11.4. The average molecular weight is 311 g/mol. The van der Waals surface area contributed by atoms with Crippen LogP contribution in [-0.4, -0.2) is 26.0 Å². The second kappa shape index (κ2) is 6.17. The van der Waals surface area contributed by atoms with Gasteiger partial charge in [-0.05, 0) is 35.6 Å². The fourth-order valence-corrected chi connectivity index (χ4v) is 3.74. The van der Waals surface area contributed by atoms with Crippen LogP contribution in [0.2, 0.25) is 0 Å². The Balaban J connectivity index is 1.97. The summed E-state index contributed by atoms with van der Waals surface area (Å²) in [5.74, 6) is -0.995. The van der Waals surface area contributed by atoms with Crippen molar-refractivity contribution >= 4 is 27.3 Å². The van der Waals surface area contributed by atoms with Gasteiger partial charge in [-0.3, -0.25) is 0 Å². The monoisotopic (exact) mass is 311 g/mol. The molecule has 0 spiro atoms. The highest BCUT2D eigenvalue weighted by atomic mass is 32.2. The molecule has 0 aliphatic heterocycles. The van der Waals surface area contributed by atoms with Gasteiger partial charge in [0.05, 0.1) is 10.5 Å². The minimum absolute atomic E-state index is 0.197. The molecule has 0 unspecified atom stereocenters. The summed E-state index contributed by atoms with van der Waals surface area (Å²) in [7, 11) is -3.47. The molecule has 7 heteroatoms.